The van der Waals surface area contributed by atoms with Crippen LogP contribution in [-0.2, 0) is 4.74 Å². The maximum atomic E-state index is 5.95. The molecule has 0 aromatic carbocycles. The van der Waals surface area contributed by atoms with Gasteiger partial charge in [0.05, 0.1) is 12.2 Å². The van der Waals surface area contributed by atoms with Crippen LogP contribution in [0.3, 0.4) is 0 Å². The second kappa shape index (κ2) is 4.24. The molecule has 0 bridgehead atoms. The first-order chi connectivity index (χ1) is 5.61. The van der Waals surface area contributed by atoms with E-state index in [1.165, 1.54) is 0 Å². The Kier molecular flexibility index (Phi) is 3.53. The molecule has 0 aliphatic carbocycles. The zero-order chi connectivity index (χ0) is 9.14. The van der Waals surface area contributed by atoms with Gasteiger partial charge in [-0.2, -0.15) is 0 Å². The fourth-order valence-electron chi connectivity index (χ4n) is 1.47. The van der Waals surface area contributed by atoms with Crippen LogP contribution in [0.15, 0.2) is 0 Å². The van der Waals surface area contributed by atoms with Gasteiger partial charge in [-0.1, -0.05) is 27.7 Å². The molecule has 1 rings (SSSR count). The lowest BCUT2D eigenvalue weighted by Crippen LogP contribution is -2.48. The molecular weight excluding hydrogens is 150 g/mol. The predicted octanol–water partition coefficient (Wildman–Crippen LogP) is 1.66. The van der Waals surface area contributed by atoms with E-state index >= 15 is 0 Å². The number of nitrogens with one attached hydrogen (secondary N) is 1. The van der Waals surface area contributed by atoms with E-state index in [1.54, 1.807) is 0 Å². The van der Waals surface area contributed by atoms with E-state index in [9.17, 15) is 0 Å². The molecule has 0 aromatic rings. The van der Waals surface area contributed by atoms with Gasteiger partial charge in [0.15, 0.2) is 0 Å². The number of morpholine rings is 1. The number of rotatable bonds is 2. The molecule has 0 spiro atoms. The van der Waals surface area contributed by atoms with Crippen LogP contribution in [0.2, 0.25) is 0 Å². The highest BCUT2D eigenvalue weighted by Gasteiger charge is 2.25. The van der Waals surface area contributed by atoms with Crippen LogP contribution >= 0.6 is 0 Å². The lowest BCUT2D eigenvalue weighted by molar-refractivity contribution is -0.0774. The van der Waals surface area contributed by atoms with E-state index in [0.717, 1.165) is 13.1 Å². The van der Waals surface area contributed by atoms with E-state index in [4.69, 9.17) is 4.74 Å². The molecule has 0 unspecified atom stereocenters. The van der Waals surface area contributed by atoms with Crippen molar-refractivity contribution in [1.82, 2.24) is 5.32 Å². The van der Waals surface area contributed by atoms with E-state index in [2.05, 4.69) is 33.0 Å². The molecule has 1 aliphatic rings. The average molecular weight is 171 g/mol. The van der Waals surface area contributed by atoms with Gasteiger partial charge >= 0.3 is 0 Å². The molecule has 1 saturated heterocycles. The molecule has 0 amide bonds. The Morgan fingerprint density at radius 2 is 1.42 bits per heavy atom. The zero-order valence-corrected chi connectivity index (χ0v) is 8.63. The first kappa shape index (κ1) is 10.0. The molecule has 0 radical (unpaired) electrons. The van der Waals surface area contributed by atoms with Gasteiger partial charge in [0.25, 0.3) is 0 Å². The summed E-state index contributed by atoms with van der Waals surface area (Å²) in [4.78, 5) is 0. The lowest BCUT2D eigenvalue weighted by Gasteiger charge is -2.35. The Balaban J connectivity index is 2.40. The Morgan fingerprint density at radius 3 is 1.75 bits per heavy atom. The monoisotopic (exact) mass is 171 g/mol. The molecule has 0 saturated carbocycles. The van der Waals surface area contributed by atoms with Crippen LogP contribution in [0, 0.1) is 11.8 Å². The number of hydrogen-bond donors (Lipinski definition) is 1. The van der Waals surface area contributed by atoms with Crippen molar-refractivity contribution in [2.75, 3.05) is 13.1 Å². The summed E-state index contributed by atoms with van der Waals surface area (Å²) in [7, 11) is 0. The highest BCUT2D eigenvalue weighted by atomic mass is 16.5. The van der Waals surface area contributed by atoms with Gasteiger partial charge < -0.3 is 10.1 Å². The van der Waals surface area contributed by atoms with E-state index in [0.29, 0.717) is 24.0 Å². The topological polar surface area (TPSA) is 21.3 Å². The summed E-state index contributed by atoms with van der Waals surface area (Å²) in [5.41, 5.74) is 0. The van der Waals surface area contributed by atoms with Gasteiger partial charge in [0.1, 0.15) is 0 Å². The molecule has 2 atom stereocenters. The van der Waals surface area contributed by atoms with Crippen LogP contribution in [0.1, 0.15) is 27.7 Å². The Morgan fingerprint density at radius 1 is 1.00 bits per heavy atom. The smallest absolute Gasteiger partial charge is 0.0726 e. The minimum absolute atomic E-state index is 0.408. The van der Waals surface area contributed by atoms with E-state index in [1.807, 2.05) is 0 Å². The maximum absolute atomic E-state index is 5.95. The fraction of sp³-hybridized carbons (Fsp3) is 1.00. The molecule has 1 heterocycles. The molecule has 0 aromatic heterocycles. The molecular formula is C10H21NO. The largest absolute Gasteiger partial charge is 0.372 e. The molecule has 1 fully saturated rings. The summed E-state index contributed by atoms with van der Waals surface area (Å²) in [5, 5.41) is 3.42. The van der Waals surface area contributed by atoms with Crippen molar-refractivity contribution in [3.8, 4) is 0 Å². The molecule has 72 valence electrons. The predicted molar refractivity (Wildman–Crippen MR) is 51.2 cm³/mol. The first-order valence-electron chi connectivity index (χ1n) is 4.97. The normalized spacial score (nSPS) is 31.5. The van der Waals surface area contributed by atoms with Crippen molar-refractivity contribution in [1.29, 1.82) is 0 Å². The minimum atomic E-state index is 0.408. The number of hydrogen-bond acceptors (Lipinski definition) is 2. The van der Waals surface area contributed by atoms with Crippen molar-refractivity contribution < 1.29 is 4.74 Å². The molecule has 1 N–H and O–H groups in total. The van der Waals surface area contributed by atoms with Gasteiger partial charge in [0, 0.05) is 13.1 Å². The van der Waals surface area contributed by atoms with Gasteiger partial charge in [-0.3, -0.25) is 0 Å². The first-order valence-corrected chi connectivity index (χ1v) is 4.97. The van der Waals surface area contributed by atoms with Gasteiger partial charge in [-0.05, 0) is 11.8 Å². The van der Waals surface area contributed by atoms with Crippen molar-refractivity contribution >= 4 is 0 Å². The van der Waals surface area contributed by atoms with Crippen LogP contribution in [-0.4, -0.2) is 25.3 Å². The summed E-state index contributed by atoms with van der Waals surface area (Å²) in [6.45, 7) is 10.9. The zero-order valence-electron chi connectivity index (χ0n) is 8.63. The number of ether oxygens (including phenoxy) is 1. The van der Waals surface area contributed by atoms with Crippen LogP contribution in [0.25, 0.3) is 0 Å². The molecule has 2 nitrogen and oxygen atoms in total. The van der Waals surface area contributed by atoms with E-state index < -0.39 is 0 Å². The summed E-state index contributed by atoms with van der Waals surface area (Å²) < 4.78 is 5.95. The summed E-state index contributed by atoms with van der Waals surface area (Å²) >= 11 is 0. The summed E-state index contributed by atoms with van der Waals surface area (Å²) in [6, 6.07) is 0. The standard InChI is InChI=1S/C10H21NO/c1-7(2)9-5-11-6-10(12-9)8(3)4/h7-11H,5-6H2,1-4H3/t9-,10-/m0/s1. The maximum Gasteiger partial charge on any atom is 0.0726 e. The summed E-state index contributed by atoms with van der Waals surface area (Å²) in [5.74, 6) is 1.25. The van der Waals surface area contributed by atoms with Crippen LogP contribution in [0.4, 0.5) is 0 Å². The van der Waals surface area contributed by atoms with Crippen molar-refractivity contribution in [3.05, 3.63) is 0 Å². The SMILES string of the molecule is CC(C)[C@@H]1CNC[C@@H](C(C)C)O1. The van der Waals surface area contributed by atoms with Crippen molar-refractivity contribution in [2.24, 2.45) is 11.8 Å². The van der Waals surface area contributed by atoms with Gasteiger partial charge in [0.2, 0.25) is 0 Å². The Bertz CT molecular complexity index is 120. The molecule has 1 aliphatic heterocycles. The highest BCUT2D eigenvalue weighted by molar-refractivity contribution is 4.77. The summed E-state index contributed by atoms with van der Waals surface area (Å²) in [6.07, 6.45) is 0.817. The quantitative estimate of drug-likeness (QED) is 0.682. The fourth-order valence-corrected chi connectivity index (χ4v) is 1.47. The second-order valence-electron chi connectivity index (χ2n) is 4.36. The van der Waals surface area contributed by atoms with Crippen LogP contribution in [0.5, 0.6) is 0 Å². The average Bonchev–Trinajstić information content (AvgIpc) is 2.04. The Hall–Kier alpha value is -0.0800. The minimum Gasteiger partial charge on any atom is -0.372 e. The molecule has 2 heteroatoms. The lowest BCUT2D eigenvalue weighted by atomic mass is 10.0. The van der Waals surface area contributed by atoms with Crippen molar-refractivity contribution in [2.45, 2.75) is 39.9 Å². The second-order valence-corrected chi connectivity index (χ2v) is 4.36. The van der Waals surface area contributed by atoms with Gasteiger partial charge in [-0.25, -0.2) is 0 Å². The van der Waals surface area contributed by atoms with Crippen molar-refractivity contribution in [3.63, 3.8) is 0 Å². The molecule has 12 heavy (non-hydrogen) atoms. The van der Waals surface area contributed by atoms with E-state index in [-0.39, 0.29) is 0 Å². The third-order valence-corrected chi connectivity index (χ3v) is 2.53. The third-order valence-electron chi connectivity index (χ3n) is 2.53. The Labute approximate surface area is 75.7 Å². The van der Waals surface area contributed by atoms with Crippen LogP contribution < -0.4 is 5.32 Å². The van der Waals surface area contributed by atoms with Gasteiger partial charge in [-0.15, -0.1) is 0 Å². The highest BCUT2D eigenvalue weighted by Crippen LogP contribution is 2.16. The third kappa shape index (κ3) is 2.46.